The van der Waals surface area contributed by atoms with E-state index >= 15 is 0 Å². The fourth-order valence-electron chi connectivity index (χ4n) is 1.59. The Kier molecular flexibility index (Phi) is 4.87. The minimum atomic E-state index is -0.0316. The van der Waals surface area contributed by atoms with Crippen molar-refractivity contribution in [3.8, 4) is 0 Å². The maximum absolute atomic E-state index is 11.4. The number of piperidine rings is 1. The van der Waals surface area contributed by atoms with Crippen LogP contribution in [-0.4, -0.2) is 29.9 Å². The molecular formula is C11H17NO3. The first kappa shape index (κ1) is 11.8. The molecule has 0 aromatic rings. The van der Waals surface area contributed by atoms with Crippen LogP contribution in [0.2, 0.25) is 0 Å². The Bertz CT molecular complexity index is 234. The summed E-state index contributed by atoms with van der Waals surface area (Å²) in [6.45, 7) is 4.55. The minimum absolute atomic E-state index is 0.0316. The highest BCUT2D eigenvalue weighted by Crippen LogP contribution is 2.12. The van der Waals surface area contributed by atoms with Crippen molar-refractivity contribution in [2.24, 2.45) is 0 Å². The van der Waals surface area contributed by atoms with Gasteiger partial charge in [0, 0.05) is 19.4 Å². The van der Waals surface area contributed by atoms with Crippen LogP contribution in [0.3, 0.4) is 0 Å². The minimum Gasteiger partial charge on any atom is -0.502 e. The van der Waals surface area contributed by atoms with Crippen LogP contribution in [-0.2, 0) is 14.3 Å². The fraction of sp³-hybridized carbons (Fsp3) is 0.636. The molecule has 84 valence electrons. The van der Waals surface area contributed by atoms with E-state index < -0.39 is 0 Å². The third kappa shape index (κ3) is 3.73. The van der Waals surface area contributed by atoms with Crippen LogP contribution in [0.5, 0.6) is 0 Å². The lowest BCUT2D eigenvalue weighted by Crippen LogP contribution is -2.40. The van der Waals surface area contributed by atoms with E-state index in [4.69, 9.17) is 4.74 Å². The molecule has 1 aliphatic rings. The molecule has 0 aromatic heterocycles. The average molecular weight is 211 g/mol. The highest BCUT2D eigenvalue weighted by Gasteiger charge is 2.24. The van der Waals surface area contributed by atoms with Crippen LogP contribution in [0, 0.1) is 0 Å². The zero-order valence-electron chi connectivity index (χ0n) is 8.91. The number of likely N-dealkylation sites (tertiary alicyclic amines) is 1. The van der Waals surface area contributed by atoms with Gasteiger partial charge in [-0.2, -0.15) is 0 Å². The van der Waals surface area contributed by atoms with Gasteiger partial charge in [-0.3, -0.25) is 14.5 Å². The van der Waals surface area contributed by atoms with E-state index in [1.54, 1.807) is 0 Å². The molecule has 1 saturated heterocycles. The summed E-state index contributed by atoms with van der Waals surface area (Å²) in [5, 5.41) is 0. The topological polar surface area (TPSA) is 46.6 Å². The number of imide groups is 1. The summed E-state index contributed by atoms with van der Waals surface area (Å²) in [7, 11) is 0. The molecule has 0 unspecified atom stereocenters. The van der Waals surface area contributed by atoms with E-state index in [9.17, 15) is 9.59 Å². The van der Waals surface area contributed by atoms with Crippen molar-refractivity contribution in [3.63, 3.8) is 0 Å². The van der Waals surface area contributed by atoms with Crippen LogP contribution >= 0.6 is 0 Å². The zero-order valence-corrected chi connectivity index (χ0v) is 8.91. The largest absolute Gasteiger partial charge is 0.502 e. The first-order chi connectivity index (χ1) is 7.25. The van der Waals surface area contributed by atoms with Crippen molar-refractivity contribution in [1.29, 1.82) is 0 Å². The number of nitrogens with zero attached hydrogens (tertiary/aromatic N) is 1. The molecule has 0 aliphatic carbocycles. The zero-order chi connectivity index (χ0) is 11.1. The van der Waals surface area contributed by atoms with Gasteiger partial charge in [0.15, 0.2) is 0 Å². The van der Waals surface area contributed by atoms with E-state index in [2.05, 4.69) is 6.58 Å². The molecule has 0 aromatic carbocycles. The van der Waals surface area contributed by atoms with Crippen molar-refractivity contribution in [1.82, 2.24) is 4.90 Å². The first-order valence-corrected chi connectivity index (χ1v) is 5.31. The van der Waals surface area contributed by atoms with E-state index in [-0.39, 0.29) is 11.8 Å². The molecule has 2 amide bonds. The lowest BCUT2D eigenvalue weighted by molar-refractivity contribution is -0.148. The number of amides is 2. The summed E-state index contributed by atoms with van der Waals surface area (Å²) in [6.07, 6.45) is 4.75. The van der Waals surface area contributed by atoms with E-state index in [0.29, 0.717) is 32.4 Å². The molecule has 1 heterocycles. The Morgan fingerprint density at radius 3 is 2.53 bits per heavy atom. The van der Waals surface area contributed by atoms with Gasteiger partial charge in [-0.15, -0.1) is 0 Å². The lowest BCUT2D eigenvalue weighted by Gasteiger charge is -2.24. The maximum Gasteiger partial charge on any atom is 0.229 e. The van der Waals surface area contributed by atoms with Gasteiger partial charge in [0.1, 0.15) is 0 Å². The second kappa shape index (κ2) is 6.22. The van der Waals surface area contributed by atoms with Gasteiger partial charge < -0.3 is 4.74 Å². The van der Waals surface area contributed by atoms with Gasteiger partial charge in [0.25, 0.3) is 0 Å². The van der Waals surface area contributed by atoms with Crippen molar-refractivity contribution < 1.29 is 14.3 Å². The summed E-state index contributed by atoms with van der Waals surface area (Å²) in [4.78, 5) is 24.1. The number of carbonyl (C=O) groups is 2. The molecule has 0 bridgehead atoms. The van der Waals surface area contributed by atoms with Crippen LogP contribution in [0.4, 0.5) is 0 Å². The average Bonchev–Trinajstić information content (AvgIpc) is 2.21. The third-order valence-corrected chi connectivity index (χ3v) is 2.40. The monoisotopic (exact) mass is 211 g/mol. The number of carbonyl (C=O) groups excluding carboxylic acids is 2. The Morgan fingerprint density at radius 1 is 1.27 bits per heavy atom. The number of rotatable bonds is 6. The molecule has 1 fully saturated rings. The summed E-state index contributed by atoms with van der Waals surface area (Å²) in [5.41, 5.74) is 0. The van der Waals surface area contributed by atoms with E-state index in [1.807, 2.05) is 0 Å². The van der Waals surface area contributed by atoms with Crippen molar-refractivity contribution in [2.45, 2.75) is 32.1 Å². The fourth-order valence-corrected chi connectivity index (χ4v) is 1.59. The molecule has 15 heavy (non-hydrogen) atoms. The Hall–Kier alpha value is -1.32. The van der Waals surface area contributed by atoms with Gasteiger partial charge in [0.2, 0.25) is 11.8 Å². The van der Waals surface area contributed by atoms with Gasteiger partial charge in [-0.25, -0.2) is 0 Å². The Labute approximate surface area is 89.9 Å². The van der Waals surface area contributed by atoms with Crippen LogP contribution in [0.1, 0.15) is 32.1 Å². The van der Waals surface area contributed by atoms with E-state index in [1.165, 1.54) is 11.2 Å². The van der Waals surface area contributed by atoms with Gasteiger partial charge >= 0.3 is 0 Å². The van der Waals surface area contributed by atoms with Gasteiger partial charge in [-0.05, 0) is 19.3 Å². The SMILES string of the molecule is C=COCCCCN1C(=O)CCCC1=O. The normalized spacial score (nSPS) is 16.7. The summed E-state index contributed by atoms with van der Waals surface area (Å²) < 4.78 is 4.95. The number of unbranched alkanes of at least 4 members (excludes halogenated alkanes) is 1. The smallest absolute Gasteiger partial charge is 0.229 e. The summed E-state index contributed by atoms with van der Waals surface area (Å²) in [5.74, 6) is -0.0632. The standard InChI is InChI=1S/C11H17NO3/c1-2-15-9-4-3-8-12-10(13)6-5-7-11(12)14/h2H,1,3-9H2. The molecular weight excluding hydrogens is 194 g/mol. The van der Waals surface area contributed by atoms with Gasteiger partial charge in [-0.1, -0.05) is 6.58 Å². The molecule has 0 atom stereocenters. The quantitative estimate of drug-likeness (QED) is 0.379. The molecule has 0 spiro atoms. The molecule has 1 aliphatic heterocycles. The predicted octanol–water partition coefficient (Wildman–Crippen LogP) is 1.47. The molecule has 4 nitrogen and oxygen atoms in total. The lowest BCUT2D eigenvalue weighted by atomic mass is 10.1. The summed E-state index contributed by atoms with van der Waals surface area (Å²) in [6, 6.07) is 0. The van der Waals surface area contributed by atoms with Gasteiger partial charge in [0.05, 0.1) is 12.9 Å². The number of ether oxygens (including phenoxy) is 1. The number of hydrogen-bond acceptors (Lipinski definition) is 3. The number of hydrogen-bond donors (Lipinski definition) is 0. The van der Waals surface area contributed by atoms with Crippen LogP contribution < -0.4 is 0 Å². The molecule has 1 rings (SSSR count). The summed E-state index contributed by atoms with van der Waals surface area (Å²) >= 11 is 0. The second-order valence-electron chi connectivity index (χ2n) is 3.54. The molecule has 4 heteroatoms. The second-order valence-corrected chi connectivity index (χ2v) is 3.54. The Morgan fingerprint density at radius 2 is 1.93 bits per heavy atom. The van der Waals surface area contributed by atoms with Crippen LogP contribution in [0.25, 0.3) is 0 Å². The van der Waals surface area contributed by atoms with E-state index in [0.717, 1.165) is 12.8 Å². The van der Waals surface area contributed by atoms with Crippen molar-refractivity contribution >= 4 is 11.8 Å². The molecule has 0 saturated carbocycles. The highest BCUT2D eigenvalue weighted by atomic mass is 16.5. The molecule has 0 radical (unpaired) electrons. The van der Waals surface area contributed by atoms with Crippen molar-refractivity contribution in [2.75, 3.05) is 13.2 Å². The third-order valence-electron chi connectivity index (χ3n) is 2.40. The predicted molar refractivity (Wildman–Crippen MR) is 56.0 cm³/mol. The van der Waals surface area contributed by atoms with Crippen LogP contribution in [0.15, 0.2) is 12.8 Å². The maximum atomic E-state index is 11.4. The first-order valence-electron chi connectivity index (χ1n) is 5.31. The Balaban J connectivity index is 2.20. The molecule has 0 N–H and O–H groups in total. The highest BCUT2D eigenvalue weighted by molar-refractivity contribution is 5.97. The van der Waals surface area contributed by atoms with Crippen molar-refractivity contribution in [3.05, 3.63) is 12.8 Å².